The average Bonchev–Trinajstić information content (AvgIpc) is 2.60. The standard InChI is InChI=1S/C18H15ClF3NO5S/c1-10(16(24)23-12-5-3-11(4-6-12)18(20,21)22)28-17(25)14-9-13(29(2,26)27)7-8-15(14)19/h3-10H,1-2H3,(H,23,24)/t10-/m0/s1. The minimum absolute atomic E-state index is 0.0715. The Morgan fingerprint density at radius 1 is 1.10 bits per heavy atom. The van der Waals surface area contributed by atoms with Crippen LogP contribution in [0.2, 0.25) is 5.02 Å². The molecule has 29 heavy (non-hydrogen) atoms. The van der Waals surface area contributed by atoms with Gasteiger partial charge >= 0.3 is 12.1 Å². The van der Waals surface area contributed by atoms with Gasteiger partial charge in [-0.15, -0.1) is 0 Å². The molecule has 0 saturated carbocycles. The van der Waals surface area contributed by atoms with E-state index in [-0.39, 0.29) is 21.2 Å². The molecule has 2 aromatic rings. The van der Waals surface area contributed by atoms with Crippen LogP contribution in [0.15, 0.2) is 47.4 Å². The number of ether oxygens (including phenoxy) is 1. The number of amides is 1. The highest BCUT2D eigenvalue weighted by molar-refractivity contribution is 7.90. The lowest BCUT2D eigenvalue weighted by atomic mass is 10.2. The zero-order valence-corrected chi connectivity index (χ0v) is 16.7. The Morgan fingerprint density at radius 2 is 1.69 bits per heavy atom. The summed E-state index contributed by atoms with van der Waals surface area (Å²) < 4.78 is 65.9. The highest BCUT2D eigenvalue weighted by Crippen LogP contribution is 2.30. The first-order chi connectivity index (χ1) is 13.3. The maximum Gasteiger partial charge on any atom is 0.416 e. The van der Waals surface area contributed by atoms with Crippen LogP contribution >= 0.6 is 11.6 Å². The first kappa shape index (κ1) is 22.7. The van der Waals surface area contributed by atoms with Crippen LogP contribution in [0.4, 0.5) is 18.9 Å². The molecular weight excluding hydrogens is 435 g/mol. The number of alkyl halides is 3. The number of sulfone groups is 1. The number of anilines is 1. The van der Waals surface area contributed by atoms with E-state index >= 15 is 0 Å². The summed E-state index contributed by atoms with van der Waals surface area (Å²) >= 11 is 5.90. The number of rotatable bonds is 5. The molecule has 6 nitrogen and oxygen atoms in total. The normalized spacial score (nSPS) is 12.9. The fraction of sp³-hybridized carbons (Fsp3) is 0.222. The molecule has 2 aromatic carbocycles. The summed E-state index contributed by atoms with van der Waals surface area (Å²) in [5.41, 5.74) is -1.05. The van der Waals surface area contributed by atoms with Gasteiger partial charge in [0.2, 0.25) is 0 Å². The van der Waals surface area contributed by atoms with Crippen molar-refractivity contribution in [3.63, 3.8) is 0 Å². The van der Waals surface area contributed by atoms with E-state index in [1.54, 1.807) is 0 Å². The van der Waals surface area contributed by atoms with Crippen molar-refractivity contribution in [2.75, 3.05) is 11.6 Å². The van der Waals surface area contributed by atoms with Crippen LogP contribution in [0.5, 0.6) is 0 Å². The van der Waals surface area contributed by atoms with E-state index in [1.165, 1.54) is 19.1 Å². The monoisotopic (exact) mass is 449 g/mol. The maximum absolute atomic E-state index is 12.6. The number of esters is 1. The lowest BCUT2D eigenvalue weighted by molar-refractivity contribution is -0.137. The van der Waals surface area contributed by atoms with Gasteiger partial charge < -0.3 is 10.1 Å². The van der Waals surface area contributed by atoms with Gasteiger partial charge in [0.1, 0.15) is 0 Å². The number of nitrogens with one attached hydrogen (secondary N) is 1. The van der Waals surface area contributed by atoms with E-state index in [1.807, 2.05) is 0 Å². The largest absolute Gasteiger partial charge is 0.449 e. The Morgan fingerprint density at radius 3 is 2.21 bits per heavy atom. The van der Waals surface area contributed by atoms with E-state index < -0.39 is 39.6 Å². The molecule has 0 saturated heterocycles. The lowest BCUT2D eigenvalue weighted by Gasteiger charge is -2.15. The second-order valence-electron chi connectivity index (χ2n) is 6.03. The third-order valence-corrected chi connectivity index (χ3v) is 5.16. The molecular formula is C18H15ClF3NO5S. The van der Waals surface area contributed by atoms with Crippen LogP contribution in [0.25, 0.3) is 0 Å². The van der Waals surface area contributed by atoms with Crippen LogP contribution in [0.1, 0.15) is 22.8 Å². The Balaban J connectivity index is 2.09. The Kier molecular flexibility index (Phi) is 6.59. The van der Waals surface area contributed by atoms with Crippen molar-refractivity contribution in [2.24, 2.45) is 0 Å². The van der Waals surface area contributed by atoms with Crippen molar-refractivity contribution in [3.05, 3.63) is 58.6 Å². The van der Waals surface area contributed by atoms with Crippen molar-refractivity contribution >= 4 is 39.0 Å². The van der Waals surface area contributed by atoms with Gasteiger partial charge in [0, 0.05) is 11.9 Å². The molecule has 156 valence electrons. The van der Waals surface area contributed by atoms with Gasteiger partial charge in [0.15, 0.2) is 15.9 Å². The molecule has 11 heteroatoms. The van der Waals surface area contributed by atoms with Crippen molar-refractivity contribution < 1.29 is 35.9 Å². The fourth-order valence-corrected chi connectivity index (χ4v) is 3.00. The molecule has 1 amide bonds. The van der Waals surface area contributed by atoms with Crippen LogP contribution in [0, 0.1) is 0 Å². The molecule has 1 N–H and O–H groups in total. The molecule has 0 radical (unpaired) electrons. The van der Waals surface area contributed by atoms with Crippen molar-refractivity contribution in [1.82, 2.24) is 0 Å². The van der Waals surface area contributed by atoms with Crippen LogP contribution < -0.4 is 5.32 Å². The number of hydrogen-bond acceptors (Lipinski definition) is 5. The molecule has 0 bridgehead atoms. The molecule has 1 atom stereocenters. The first-order valence-corrected chi connectivity index (χ1v) is 10.2. The summed E-state index contributed by atoms with van der Waals surface area (Å²) in [6.07, 6.45) is -4.89. The Bertz CT molecular complexity index is 1040. The number of carbonyl (C=O) groups is 2. The molecule has 0 aliphatic heterocycles. The van der Waals surface area contributed by atoms with Gasteiger partial charge in [0.05, 0.1) is 21.0 Å². The average molecular weight is 450 g/mol. The molecule has 0 unspecified atom stereocenters. The molecule has 0 fully saturated rings. The topological polar surface area (TPSA) is 89.5 Å². The molecule has 0 spiro atoms. The lowest BCUT2D eigenvalue weighted by Crippen LogP contribution is -2.30. The predicted octanol–water partition coefficient (Wildman–Crippen LogP) is 3.95. The van der Waals surface area contributed by atoms with Crippen LogP contribution in [0.3, 0.4) is 0 Å². The second-order valence-corrected chi connectivity index (χ2v) is 8.45. The van der Waals surface area contributed by atoms with E-state index in [9.17, 15) is 31.2 Å². The van der Waals surface area contributed by atoms with Crippen molar-refractivity contribution in [2.45, 2.75) is 24.1 Å². The van der Waals surface area contributed by atoms with Crippen LogP contribution in [-0.4, -0.2) is 32.7 Å². The van der Waals surface area contributed by atoms with Crippen LogP contribution in [-0.2, 0) is 25.5 Å². The molecule has 0 aliphatic carbocycles. The summed E-state index contributed by atoms with van der Waals surface area (Å²) in [6.45, 7) is 1.24. The van der Waals surface area contributed by atoms with E-state index in [2.05, 4.69) is 5.32 Å². The third kappa shape index (κ3) is 5.94. The zero-order valence-electron chi connectivity index (χ0n) is 15.1. The summed E-state index contributed by atoms with van der Waals surface area (Å²) in [5.74, 6) is -1.83. The van der Waals surface area contributed by atoms with Crippen molar-refractivity contribution in [3.8, 4) is 0 Å². The summed E-state index contributed by atoms with van der Waals surface area (Å²) in [6, 6.07) is 7.16. The molecule has 0 aliphatic rings. The van der Waals surface area contributed by atoms with Gasteiger partial charge in [-0.25, -0.2) is 13.2 Å². The minimum atomic E-state index is -4.51. The van der Waals surface area contributed by atoms with Gasteiger partial charge in [0.25, 0.3) is 5.91 Å². The van der Waals surface area contributed by atoms with Gasteiger partial charge in [-0.2, -0.15) is 13.2 Å². The summed E-state index contributed by atoms with van der Waals surface area (Å²) in [5, 5.41) is 2.24. The zero-order chi connectivity index (χ0) is 22.0. The van der Waals surface area contributed by atoms with Gasteiger partial charge in [-0.3, -0.25) is 4.79 Å². The van der Waals surface area contributed by atoms with E-state index in [4.69, 9.17) is 16.3 Å². The Hall–Kier alpha value is -2.59. The van der Waals surface area contributed by atoms with Gasteiger partial charge in [-0.05, 0) is 49.4 Å². The maximum atomic E-state index is 12.6. The quantitative estimate of drug-likeness (QED) is 0.698. The summed E-state index contributed by atoms with van der Waals surface area (Å²) in [7, 11) is -3.60. The highest BCUT2D eigenvalue weighted by Gasteiger charge is 2.30. The van der Waals surface area contributed by atoms with E-state index in [0.717, 1.165) is 36.6 Å². The molecule has 2 rings (SSSR count). The summed E-state index contributed by atoms with van der Waals surface area (Å²) in [4.78, 5) is 24.2. The number of carbonyl (C=O) groups excluding carboxylic acids is 2. The number of hydrogen-bond donors (Lipinski definition) is 1. The van der Waals surface area contributed by atoms with Gasteiger partial charge in [-0.1, -0.05) is 11.6 Å². The first-order valence-electron chi connectivity index (χ1n) is 7.98. The van der Waals surface area contributed by atoms with E-state index in [0.29, 0.717) is 0 Å². The SMILES string of the molecule is C[C@H](OC(=O)c1cc(S(C)(=O)=O)ccc1Cl)C(=O)Nc1ccc(C(F)(F)F)cc1. The molecule has 0 aromatic heterocycles. The highest BCUT2D eigenvalue weighted by atomic mass is 35.5. The van der Waals surface area contributed by atoms with Crippen molar-refractivity contribution in [1.29, 1.82) is 0 Å². The third-order valence-electron chi connectivity index (χ3n) is 3.72. The predicted molar refractivity (Wildman–Crippen MR) is 99.5 cm³/mol. The Labute approximate surface area is 169 Å². The number of halogens is 4. The smallest absolute Gasteiger partial charge is 0.416 e. The molecule has 0 heterocycles. The fourth-order valence-electron chi connectivity index (χ4n) is 2.16. The minimum Gasteiger partial charge on any atom is -0.449 e. The number of benzene rings is 2. The second kappa shape index (κ2) is 8.42.